The van der Waals surface area contributed by atoms with Crippen LogP contribution < -0.4 is 4.74 Å². The summed E-state index contributed by atoms with van der Waals surface area (Å²) in [7, 11) is 0. The van der Waals surface area contributed by atoms with Crippen molar-refractivity contribution in [1.82, 2.24) is 0 Å². The first-order chi connectivity index (χ1) is 8.54. The molecule has 0 heterocycles. The predicted octanol–water partition coefficient (Wildman–Crippen LogP) is 1.92. The van der Waals surface area contributed by atoms with E-state index in [1.54, 1.807) is 6.07 Å². The zero-order valence-corrected chi connectivity index (χ0v) is 11.5. The molecule has 1 atom stereocenters. The van der Waals surface area contributed by atoms with E-state index in [-0.39, 0.29) is 18.8 Å². The van der Waals surface area contributed by atoms with Crippen molar-refractivity contribution in [2.75, 3.05) is 19.8 Å². The van der Waals surface area contributed by atoms with Gasteiger partial charge in [-0.1, -0.05) is 0 Å². The highest BCUT2D eigenvalue weighted by Crippen LogP contribution is 2.26. The Labute approximate surface area is 113 Å². The number of carboxylic acid groups (broad SMARTS) is 1. The van der Waals surface area contributed by atoms with E-state index in [4.69, 9.17) is 14.6 Å². The molecule has 0 amide bonds. The third-order valence-electron chi connectivity index (χ3n) is 2.12. The SMILES string of the molecule is CCOCC(O)COc1ccc(C(=O)O)cc1Br. The van der Waals surface area contributed by atoms with Crippen molar-refractivity contribution in [1.29, 1.82) is 0 Å². The first-order valence-electron chi connectivity index (χ1n) is 5.46. The number of benzene rings is 1. The maximum atomic E-state index is 10.7. The van der Waals surface area contributed by atoms with Crippen molar-refractivity contribution in [3.8, 4) is 5.75 Å². The molecule has 1 rings (SSSR count). The van der Waals surface area contributed by atoms with Crippen LogP contribution >= 0.6 is 15.9 Å². The molecule has 0 aliphatic carbocycles. The van der Waals surface area contributed by atoms with Crippen LogP contribution in [0.15, 0.2) is 22.7 Å². The zero-order chi connectivity index (χ0) is 13.5. The summed E-state index contributed by atoms with van der Waals surface area (Å²) >= 11 is 3.22. The molecule has 1 unspecified atom stereocenters. The molecule has 0 bridgehead atoms. The fraction of sp³-hybridized carbons (Fsp3) is 0.417. The lowest BCUT2D eigenvalue weighted by atomic mass is 10.2. The second-order valence-corrected chi connectivity index (χ2v) is 4.43. The maximum absolute atomic E-state index is 10.7. The number of carboxylic acids is 1. The third kappa shape index (κ3) is 4.64. The molecule has 100 valence electrons. The van der Waals surface area contributed by atoms with Crippen molar-refractivity contribution >= 4 is 21.9 Å². The number of aromatic carboxylic acids is 1. The lowest BCUT2D eigenvalue weighted by Crippen LogP contribution is -2.23. The average molecular weight is 319 g/mol. The molecule has 2 N–H and O–H groups in total. The summed E-state index contributed by atoms with van der Waals surface area (Å²) in [6.07, 6.45) is -0.712. The van der Waals surface area contributed by atoms with E-state index in [1.807, 2.05) is 6.92 Å². The van der Waals surface area contributed by atoms with E-state index in [2.05, 4.69) is 15.9 Å². The maximum Gasteiger partial charge on any atom is 0.335 e. The Kier molecular flexibility index (Phi) is 6.11. The van der Waals surface area contributed by atoms with Crippen molar-refractivity contribution in [2.45, 2.75) is 13.0 Å². The molecule has 0 radical (unpaired) electrons. The Bertz CT molecular complexity index is 407. The van der Waals surface area contributed by atoms with Gasteiger partial charge >= 0.3 is 5.97 Å². The second-order valence-electron chi connectivity index (χ2n) is 3.57. The Balaban J connectivity index is 2.55. The highest BCUT2D eigenvalue weighted by atomic mass is 79.9. The molecular formula is C12H15BrO5. The zero-order valence-electron chi connectivity index (χ0n) is 9.93. The molecule has 6 heteroatoms. The van der Waals surface area contributed by atoms with Gasteiger partial charge in [-0.05, 0) is 41.1 Å². The van der Waals surface area contributed by atoms with Crippen LogP contribution in [-0.4, -0.2) is 42.1 Å². The number of aliphatic hydroxyl groups excluding tert-OH is 1. The van der Waals surface area contributed by atoms with Crippen LogP contribution in [0.4, 0.5) is 0 Å². The number of carbonyl (C=O) groups is 1. The van der Waals surface area contributed by atoms with Crippen LogP contribution in [-0.2, 0) is 4.74 Å². The Morgan fingerprint density at radius 2 is 2.17 bits per heavy atom. The Morgan fingerprint density at radius 3 is 2.72 bits per heavy atom. The van der Waals surface area contributed by atoms with Crippen LogP contribution in [0, 0.1) is 0 Å². The van der Waals surface area contributed by atoms with Gasteiger partial charge in [0, 0.05) is 6.61 Å². The van der Waals surface area contributed by atoms with Gasteiger partial charge in [0.1, 0.15) is 18.5 Å². The first kappa shape index (κ1) is 14.9. The second kappa shape index (κ2) is 7.35. The number of rotatable bonds is 7. The van der Waals surface area contributed by atoms with E-state index >= 15 is 0 Å². The minimum absolute atomic E-state index is 0.0883. The van der Waals surface area contributed by atoms with E-state index in [9.17, 15) is 9.90 Å². The molecule has 0 saturated carbocycles. The summed E-state index contributed by atoms with van der Waals surface area (Å²) in [5, 5.41) is 18.3. The van der Waals surface area contributed by atoms with Gasteiger partial charge in [-0.15, -0.1) is 0 Å². The fourth-order valence-electron chi connectivity index (χ4n) is 1.24. The smallest absolute Gasteiger partial charge is 0.335 e. The van der Waals surface area contributed by atoms with Crippen molar-refractivity contribution in [3.63, 3.8) is 0 Å². The fourth-order valence-corrected chi connectivity index (χ4v) is 1.73. The van der Waals surface area contributed by atoms with Gasteiger partial charge in [-0.3, -0.25) is 0 Å². The molecule has 0 aliphatic heterocycles. The third-order valence-corrected chi connectivity index (χ3v) is 2.74. The van der Waals surface area contributed by atoms with Crippen molar-refractivity contribution in [3.05, 3.63) is 28.2 Å². The number of hydrogen-bond donors (Lipinski definition) is 2. The molecule has 0 saturated heterocycles. The Hall–Kier alpha value is -1.11. The van der Waals surface area contributed by atoms with E-state index in [1.165, 1.54) is 12.1 Å². The first-order valence-corrected chi connectivity index (χ1v) is 6.25. The molecule has 1 aromatic carbocycles. The molecule has 1 aromatic rings. The predicted molar refractivity (Wildman–Crippen MR) is 69.1 cm³/mol. The van der Waals surface area contributed by atoms with Gasteiger partial charge < -0.3 is 19.7 Å². The van der Waals surface area contributed by atoms with Crippen LogP contribution in [0.5, 0.6) is 5.75 Å². The summed E-state index contributed by atoms with van der Waals surface area (Å²) in [6, 6.07) is 4.44. The molecule has 18 heavy (non-hydrogen) atoms. The Morgan fingerprint density at radius 1 is 1.44 bits per heavy atom. The van der Waals surface area contributed by atoms with Gasteiger partial charge in [0.2, 0.25) is 0 Å². The van der Waals surface area contributed by atoms with Crippen molar-refractivity contribution in [2.24, 2.45) is 0 Å². The summed E-state index contributed by atoms with van der Waals surface area (Å²) in [4.78, 5) is 10.7. The summed E-state index contributed by atoms with van der Waals surface area (Å²) < 4.78 is 10.9. The number of hydrogen-bond acceptors (Lipinski definition) is 4. The minimum atomic E-state index is -1.00. The van der Waals surface area contributed by atoms with Crippen molar-refractivity contribution < 1.29 is 24.5 Å². The van der Waals surface area contributed by atoms with E-state index in [0.717, 1.165) is 0 Å². The van der Waals surface area contributed by atoms with Gasteiger partial charge in [-0.25, -0.2) is 4.79 Å². The molecule has 5 nitrogen and oxygen atoms in total. The molecule has 0 fully saturated rings. The normalized spacial score (nSPS) is 12.2. The number of ether oxygens (including phenoxy) is 2. The van der Waals surface area contributed by atoms with Gasteiger partial charge in [0.05, 0.1) is 16.6 Å². The van der Waals surface area contributed by atoms with Gasteiger partial charge in [0.25, 0.3) is 0 Å². The van der Waals surface area contributed by atoms with E-state index < -0.39 is 12.1 Å². The molecule has 0 aromatic heterocycles. The lowest BCUT2D eigenvalue weighted by Gasteiger charge is -2.13. The lowest BCUT2D eigenvalue weighted by molar-refractivity contribution is 0.0163. The highest BCUT2D eigenvalue weighted by molar-refractivity contribution is 9.10. The van der Waals surface area contributed by atoms with Crippen LogP contribution in [0.25, 0.3) is 0 Å². The van der Waals surface area contributed by atoms with Crippen LogP contribution in [0.2, 0.25) is 0 Å². The molecule has 0 aliphatic rings. The minimum Gasteiger partial charge on any atom is -0.490 e. The van der Waals surface area contributed by atoms with Gasteiger partial charge in [-0.2, -0.15) is 0 Å². The van der Waals surface area contributed by atoms with Crippen LogP contribution in [0.1, 0.15) is 17.3 Å². The summed E-state index contributed by atoms with van der Waals surface area (Å²) in [5.41, 5.74) is 0.170. The number of aliphatic hydroxyl groups is 1. The standard InChI is InChI=1S/C12H15BrO5/c1-2-17-6-9(14)7-18-11-4-3-8(12(15)16)5-10(11)13/h3-5,9,14H,2,6-7H2,1H3,(H,15,16). The monoisotopic (exact) mass is 318 g/mol. The van der Waals surface area contributed by atoms with E-state index in [0.29, 0.717) is 16.8 Å². The summed E-state index contributed by atoms with van der Waals surface area (Å²) in [5.74, 6) is -0.519. The largest absolute Gasteiger partial charge is 0.490 e. The highest BCUT2D eigenvalue weighted by Gasteiger charge is 2.10. The quantitative estimate of drug-likeness (QED) is 0.803. The molecular weight excluding hydrogens is 304 g/mol. The summed E-state index contributed by atoms with van der Waals surface area (Å²) in [6.45, 7) is 2.68. The number of halogens is 1. The van der Waals surface area contributed by atoms with Crippen LogP contribution in [0.3, 0.4) is 0 Å². The van der Waals surface area contributed by atoms with Gasteiger partial charge in [0.15, 0.2) is 0 Å². The molecule has 0 spiro atoms. The average Bonchev–Trinajstić information content (AvgIpc) is 2.34. The topological polar surface area (TPSA) is 76.0 Å².